The molecular weight excluding hydrogens is 713 g/mol. The Kier molecular flexibility index (Phi) is 8.32. The van der Waals surface area contributed by atoms with Crippen molar-refractivity contribution in [3.8, 4) is 11.3 Å². The maximum Gasteiger partial charge on any atom is 0.410 e. The average molecular weight is 754 g/mol. The summed E-state index contributed by atoms with van der Waals surface area (Å²) in [6.07, 6.45) is 2.37. The molecule has 12 nitrogen and oxygen atoms in total. The summed E-state index contributed by atoms with van der Waals surface area (Å²) in [6.45, 7) is 5.51. The van der Waals surface area contributed by atoms with Gasteiger partial charge in [-0.1, -0.05) is 12.1 Å². The van der Waals surface area contributed by atoms with Crippen LogP contribution in [0.5, 0.6) is 0 Å². The van der Waals surface area contributed by atoms with Crippen molar-refractivity contribution < 1.29 is 36.3 Å². The fourth-order valence-electron chi connectivity index (χ4n) is 7.75. The monoisotopic (exact) mass is 753 g/mol. The predicted octanol–water partition coefficient (Wildman–Crippen LogP) is 5.88. The first-order chi connectivity index (χ1) is 25.5. The van der Waals surface area contributed by atoms with E-state index in [-0.39, 0.29) is 44.0 Å². The SMILES string of the molecule is CNc1cc(N2CCc3c(-c4ncc(CN5CC6(CCN(C(=O)OC(C)(C)C)CC6(F)F)C5)cc4F)cccc32)nn2c(C(=O)NC3CC3(F)F)cnc12. The van der Waals surface area contributed by atoms with Gasteiger partial charge in [0.05, 0.1) is 29.9 Å². The number of likely N-dealkylation sites (tertiary alicyclic amines) is 2. The van der Waals surface area contributed by atoms with Crippen LogP contribution in [0.25, 0.3) is 16.9 Å². The Bertz CT molecular complexity index is 2160. The van der Waals surface area contributed by atoms with Crippen LogP contribution in [0, 0.1) is 11.2 Å². The number of hydrogen-bond acceptors (Lipinski definition) is 9. The second kappa shape index (κ2) is 12.5. The lowest BCUT2D eigenvalue weighted by Crippen LogP contribution is -2.70. The molecule has 3 aliphatic heterocycles. The maximum atomic E-state index is 15.8. The Balaban J connectivity index is 0.972. The number of nitrogens with zero attached hydrogens (tertiary/aromatic N) is 7. The van der Waals surface area contributed by atoms with Gasteiger partial charge in [-0.15, -0.1) is 5.10 Å². The normalized spacial score (nSPS) is 21.2. The lowest BCUT2D eigenvalue weighted by atomic mass is 9.69. The van der Waals surface area contributed by atoms with Gasteiger partial charge in [0.25, 0.3) is 17.8 Å². The molecule has 0 radical (unpaired) electrons. The van der Waals surface area contributed by atoms with Crippen LogP contribution in [0.15, 0.2) is 42.7 Å². The number of carbonyl (C=O) groups excluding carboxylic acids is 2. The molecule has 0 bridgehead atoms. The molecule has 1 aromatic carbocycles. The zero-order chi connectivity index (χ0) is 38.4. The molecule has 54 heavy (non-hydrogen) atoms. The summed E-state index contributed by atoms with van der Waals surface area (Å²) in [5.41, 5.74) is 1.79. The van der Waals surface area contributed by atoms with Gasteiger partial charge in [0, 0.05) is 69.7 Å². The summed E-state index contributed by atoms with van der Waals surface area (Å²) in [5, 5.41) is 10.1. The van der Waals surface area contributed by atoms with Crippen molar-refractivity contribution in [2.45, 2.75) is 70.1 Å². The van der Waals surface area contributed by atoms with Gasteiger partial charge in [-0.3, -0.25) is 14.7 Å². The molecule has 1 unspecified atom stereocenters. The highest BCUT2D eigenvalue weighted by atomic mass is 19.3. The van der Waals surface area contributed by atoms with Crippen molar-refractivity contribution in [2.75, 3.05) is 50.0 Å². The average Bonchev–Trinajstić information content (AvgIpc) is 3.41. The van der Waals surface area contributed by atoms with E-state index < -0.39 is 59.7 Å². The fourth-order valence-corrected chi connectivity index (χ4v) is 7.75. The van der Waals surface area contributed by atoms with Crippen LogP contribution in [-0.2, 0) is 17.7 Å². The van der Waals surface area contributed by atoms with Crippen molar-refractivity contribution in [1.82, 2.24) is 34.7 Å². The number of rotatable bonds is 7. The number of ether oxygens (including phenoxy) is 1. The first-order valence-electron chi connectivity index (χ1n) is 17.9. The molecule has 3 aromatic heterocycles. The van der Waals surface area contributed by atoms with Crippen LogP contribution < -0.4 is 15.5 Å². The molecule has 4 aliphatic rings. The van der Waals surface area contributed by atoms with Crippen molar-refractivity contribution >= 4 is 34.8 Å². The van der Waals surface area contributed by atoms with E-state index in [4.69, 9.17) is 4.74 Å². The molecule has 17 heteroatoms. The van der Waals surface area contributed by atoms with E-state index in [2.05, 4.69) is 25.7 Å². The first kappa shape index (κ1) is 35.9. The minimum absolute atomic E-state index is 0.0104. The lowest BCUT2D eigenvalue weighted by molar-refractivity contribution is -0.223. The highest BCUT2D eigenvalue weighted by molar-refractivity contribution is 5.94. The summed E-state index contributed by atoms with van der Waals surface area (Å²) in [7, 11) is 1.69. The highest BCUT2D eigenvalue weighted by Crippen LogP contribution is 2.51. The largest absolute Gasteiger partial charge is 0.444 e. The van der Waals surface area contributed by atoms with Gasteiger partial charge in [-0.2, -0.15) is 0 Å². The number of halogens is 5. The molecule has 2 saturated heterocycles. The molecule has 1 spiro atoms. The van der Waals surface area contributed by atoms with Gasteiger partial charge in [-0.25, -0.2) is 36.2 Å². The molecule has 2 amide bonds. The second-order valence-electron chi connectivity index (χ2n) is 15.7. The molecular formula is C37H40F5N9O3. The molecule has 1 saturated carbocycles. The third kappa shape index (κ3) is 6.25. The summed E-state index contributed by atoms with van der Waals surface area (Å²) in [6, 6.07) is 7.40. The van der Waals surface area contributed by atoms with Crippen molar-refractivity contribution in [3.63, 3.8) is 0 Å². The summed E-state index contributed by atoms with van der Waals surface area (Å²) in [5.74, 6) is -6.82. The highest BCUT2D eigenvalue weighted by Gasteiger charge is 2.63. The van der Waals surface area contributed by atoms with Crippen LogP contribution in [0.1, 0.15) is 55.2 Å². The van der Waals surface area contributed by atoms with E-state index in [9.17, 15) is 18.4 Å². The van der Waals surface area contributed by atoms with E-state index in [1.807, 2.05) is 15.9 Å². The Morgan fingerprint density at radius 1 is 1.04 bits per heavy atom. The number of pyridine rings is 1. The number of amides is 2. The number of piperidine rings is 1. The van der Waals surface area contributed by atoms with Gasteiger partial charge in [-0.05, 0) is 56.9 Å². The zero-order valence-electron chi connectivity index (χ0n) is 30.2. The quantitative estimate of drug-likeness (QED) is 0.223. The van der Waals surface area contributed by atoms with Gasteiger partial charge in [0.15, 0.2) is 17.2 Å². The minimum atomic E-state index is -3.10. The number of alkyl halides is 4. The second-order valence-corrected chi connectivity index (χ2v) is 15.7. The number of nitrogens with one attached hydrogen (secondary N) is 2. The number of imidazole rings is 1. The van der Waals surface area contributed by atoms with Gasteiger partial charge < -0.3 is 25.2 Å². The third-order valence-corrected chi connectivity index (χ3v) is 10.7. The van der Waals surface area contributed by atoms with E-state index in [0.29, 0.717) is 41.2 Å². The Labute approximate surface area is 307 Å². The molecule has 286 valence electrons. The van der Waals surface area contributed by atoms with E-state index in [1.54, 1.807) is 52.2 Å². The topological polar surface area (TPSA) is 120 Å². The number of carbonyl (C=O) groups is 2. The summed E-state index contributed by atoms with van der Waals surface area (Å²) >= 11 is 0. The van der Waals surface area contributed by atoms with Crippen LogP contribution in [0.2, 0.25) is 0 Å². The van der Waals surface area contributed by atoms with Gasteiger partial charge in [0.1, 0.15) is 17.1 Å². The standard InChI is InChI=1S/C37H40F5N9O3/c1-34(2,3)54-33(53)49-11-9-35(37(41,42)20-49)18-48(19-35)17-21-12-24(38)30(44-15-21)23-6-5-7-26-22(23)8-10-50(26)29-13-25(43-4)31-45-16-27(51(31)47-29)32(52)46-28-14-36(28,39)40/h5-7,12-13,15-16,28,43H,8-11,14,17-20H2,1-4H3,(H,46,52). The molecule has 2 N–H and O–H groups in total. The molecule has 6 heterocycles. The predicted molar refractivity (Wildman–Crippen MR) is 189 cm³/mol. The molecule has 3 fully saturated rings. The fraction of sp³-hybridized carbons (Fsp3) is 0.486. The van der Waals surface area contributed by atoms with Crippen molar-refractivity contribution in [3.05, 3.63) is 65.4 Å². The zero-order valence-corrected chi connectivity index (χ0v) is 30.2. The molecule has 4 aromatic rings. The summed E-state index contributed by atoms with van der Waals surface area (Å²) in [4.78, 5) is 39.0. The molecule has 1 aliphatic carbocycles. The smallest absolute Gasteiger partial charge is 0.410 e. The van der Waals surface area contributed by atoms with Crippen LogP contribution >= 0.6 is 0 Å². The number of benzene rings is 1. The number of aromatic nitrogens is 4. The lowest BCUT2D eigenvalue weighted by Gasteiger charge is -2.57. The van der Waals surface area contributed by atoms with E-state index >= 15 is 13.2 Å². The molecule has 8 rings (SSSR count). The van der Waals surface area contributed by atoms with Crippen LogP contribution in [0.4, 0.5) is 43.9 Å². The van der Waals surface area contributed by atoms with Gasteiger partial charge in [0.2, 0.25) is 0 Å². The first-order valence-corrected chi connectivity index (χ1v) is 17.9. The van der Waals surface area contributed by atoms with Crippen LogP contribution in [-0.4, -0.2) is 105 Å². The Hall–Kier alpha value is -5.06. The van der Waals surface area contributed by atoms with Crippen LogP contribution in [0.3, 0.4) is 0 Å². The van der Waals surface area contributed by atoms with Crippen molar-refractivity contribution in [1.29, 1.82) is 0 Å². The minimum Gasteiger partial charge on any atom is -0.444 e. The summed E-state index contributed by atoms with van der Waals surface area (Å²) < 4.78 is 80.3. The van der Waals surface area contributed by atoms with Crippen molar-refractivity contribution in [2.24, 2.45) is 5.41 Å². The number of anilines is 3. The van der Waals surface area contributed by atoms with E-state index in [1.165, 1.54) is 16.8 Å². The Morgan fingerprint density at radius 3 is 2.46 bits per heavy atom. The number of hydrogen-bond donors (Lipinski definition) is 2. The number of fused-ring (bicyclic) bond motifs is 2. The maximum absolute atomic E-state index is 15.8. The van der Waals surface area contributed by atoms with Gasteiger partial charge >= 0.3 is 6.09 Å². The van der Waals surface area contributed by atoms with E-state index in [0.717, 1.165) is 16.2 Å². The molecule has 1 atom stereocenters. The Morgan fingerprint density at radius 2 is 1.80 bits per heavy atom. The third-order valence-electron chi connectivity index (χ3n) is 10.7.